The van der Waals surface area contributed by atoms with Crippen LogP contribution in [0.4, 0.5) is 0 Å². The molecule has 2 rings (SSSR count). The average Bonchev–Trinajstić information content (AvgIpc) is 2.90. The number of aliphatic hydroxyl groups excluding tert-OH is 1. The molecule has 1 aliphatic carbocycles. The summed E-state index contributed by atoms with van der Waals surface area (Å²) in [4.78, 5) is 11.9. The third-order valence-corrected chi connectivity index (χ3v) is 3.68. The van der Waals surface area contributed by atoms with E-state index in [0.717, 1.165) is 24.8 Å². The fourth-order valence-electron chi connectivity index (χ4n) is 2.53. The fourth-order valence-corrected chi connectivity index (χ4v) is 2.53. The van der Waals surface area contributed by atoms with Crippen molar-refractivity contribution >= 4 is 5.78 Å². The van der Waals surface area contributed by atoms with E-state index in [9.17, 15) is 4.79 Å². The molecular formula is C15H20O2. The Morgan fingerprint density at radius 2 is 1.71 bits per heavy atom. The normalized spacial score (nSPS) is 16.3. The predicted molar refractivity (Wildman–Crippen MR) is 67.7 cm³/mol. The van der Waals surface area contributed by atoms with Gasteiger partial charge in [0, 0.05) is 12.3 Å². The van der Waals surface area contributed by atoms with Crippen LogP contribution in [0.1, 0.15) is 43.2 Å². The van der Waals surface area contributed by atoms with Crippen LogP contribution < -0.4 is 0 Å². The predicted octanol–water partition coefficient (Wildman–Crippen LogP) is 2.87. The SMILES string of the molecule is O=C(CCc1ccc(CO)cc1)C1CCCC1. The van der Waals surface area contributed by atoms with Crippen LogP contribution in [0.3, 0.4) is 0 Å². The quantitative estimate of drug-likeness (QED) is 0.847. The van der Waals surface area contributed by atoms with Crippen LogP contribution in [-0.4, -0.2) is 10.9 Å². The standard InChI is InChI=1S/C15H20O2/c16-11-13-7-5-12(6-8-13)9-10-15(17)14-3-1-2-4-14/h5-8,14,16H,1-4,9-11H2. The number of carbonyl (C=O) groups excluding carboxylic acids is 1. The highest BCUT2D eigenvalue weighted by atomic mass is 16.3. The van der Waals surface area contributed by atoms with E-state index in [1.807, 2.05) is 24.3 Å². The van der Waals surface area contributed by atoms with E-state index in [1.54, 1.807) is 0 Å². The maximum atomic E-state index is 11.9. The number of benzene rings is 1. The van der Waals surface area contributed by atoms with E-state index >= 15 is 0 Å². The molecule has 2 nitrogen and oxygen atoms in total. The minimum Gasteiger partial charge on any atom is -0.392 e. The molecule has 1 N–H and O–H groups in total. The Labute approximate surface area is 103 Å². The monoisotopic (exact) mass is 232 g/mol. The summed E-state index contributed by atoms with van der Waals surface area (Å²) in [6.45, 7) is 0.0846. The van der Waals surface area contributed by atoms with Crippen LogP contribution in [0.15, 0.2) is 24.3 Å². The second kappa shape index (κ2) is 5.97. The molecule has 0 aromatic heterocycles. The van der Waals surface area contributed by atoms with Crippen LogP contribution >= 0.6 is 0 Å². The third kappa shape index (κ3) is 3.40. The molecule has 17 heavy (non-hydrogen) atoms. The van der Waals surface area contributed by atoms with E-state index in [0.29, 0.717) is 18.1 Å². The van der Waals surface area contributed by atoms with Crippen LogP contribution in [0.2, 0.25) is 0 Å². The minimum atomic E-state index is 0.0846. The zero-order valence-electron chi connectivity index (χ0n) is 10.2. The lowest BCUT2D eigenvalue weighted by Crippen LogP contribution is -2.11. The molecule has 1 fully saturated rings. The number of hydrogen-bond acceptors (Lipinski definition) is 2. The summed E-state index contributed by atoms with van der Waals surface area (Å²) in [7, 11) is 0. The molecule has 1 aromatic rings. The van der Waals surface area contributed by atoms with E-state index in [4.69, 9.17) is 5.11 Å². The Balaban J connectivity index is 1.82. The molecule has 0 unspecified atom stereocenters. The summed E-state index contributed by atoms with van der Waals surface area (Å²) < 4.78 is 0. The highest BCUT2D eigenvalue weighted by molar-refractivity contribution is 5.81. The Morgan fingerprint density at radius 1 is 1.12 bits per heavy atom. The average molecular weight is 232 g/mol. The smallest absolute Gasteiger partial charge is 0.136 e. The van der Waals surface area contributed by atoms with Crippen LogP contribution in [0, 0.1) is 5.92 Å². The maximum absolute atomic E-state index is 11.9. The van der Waals surface area contributed by atoms with E-state index in [1.165, 1.54) is 18.4 Å². The van der Waals surface area contributed by atoms with Gasteiger partial charge in [0.25, 0.3) is 0 Å². The molecule has 1 saturated carbocycles. The zero-order valence-corrected chi connectivity index (χ0v) is 10.2. The highest BCUT2D eigenvalue weighted by Gasteiger charge is 2.21. The number of rotatable bonds is 5. The Bertz CT molecular complexity index is 361. The highest BCUT2D eigenvalue weighted by Crippen LogP contribution is 2.26. The number of Topliss-reactive ketones (excluding diaryl/α,β-unsaturated/α-hetero) is 1. The van der Waals surface area contributed by atoms with Crippen LogP contribution in [0.25, 0.3) is 0 Å². The summed E-state index contributed by atoms with van der Waals surface area (Å²) >= 11 is 0. The van der Waals surface area contributed by atoms with Crippen molar-refractivity contribution in [2.45, 2.75) is 45.1 Å². The van der Waals surface area contributed by atoms with Gasteiger partial charge in [-0.15, -0.1) is 0 Å². The molecule has 0 aliphatic heterocycles. The molecule has 0 spiro atoms. The van der Waals surface area contributed by atoms with Gasteiger partial charge >= 0.3 is 0 Å². The van der Waals surface area contributed by atoms with Crippen molar-refractivity contribution in [2.75, 3.05) is 0 Å². The molecule has 0 amide bonds. The first-order chi connectivity index (χ1) is 8.29. The lowest BCUT2D eigenvalue weighted by atomic mass is 9.96. The van der Waals surface area contributed by atoms with Gasteiger partial charge in [-0.1, -0.05) is 37.1 Å². The molecule has 0 saturated heterocycles. The zero-order chi connectivity index (χ0) is 12.1. The molecular weight excluding hydrogens is 212 g/mol. The van der Waals surface area contributed by atoms with Crippen molar-refractivity contribution in [3.05, 3.63) is 35.4 Å². The van der Waals surface area contributed by atoms with E-state index < -0.39 is 0 Å². The summed E-state index contributed by atoms with van der Waals surface area (Å²) in [6, 6.07) is 7.87. The molecule has 1 aliphatic rings. The van der Waals surface area contributed by atoms with Crippen molar-refractivity contribution in [1.82, 2.24) is 0 Å². The van der Waals surface area contributed by atoms with Gasteiger partial charge in [-0.25, -0.2) is 0 Å². The summed E-state index contributed by atoms with van der Waals surface area (Å²) in [5, 5.41) is 8.94. The molecule has 2 heteroatoms. The molecule has 0 bridgehead atoms. The van der Waals surface area contributed by atoms with Gasteiger partial charge in [0.2, 0.25) is 0 Å². The topological polar surface area (TPSA) is 37.3 Å². The van der Waals surface area contributed by atoms with Gasteiger partial charge in [0.05, 0.1) is 6.61 Å². The Hall–Kier alpha value is -1.15. The van der Waals surface area contributed by atoms with Crippen molar-refractivity contribution in [3.8, 4) is 0 Å². The van der Waals surface area contributed by atoms with Gasteiger partial charge in [0.1, 0.15) is 5.78 Å². The van der Waals surface area contributed by atoms with Gasteiger partial charge in [0.15, 0.2) is 0 Å². The van der Waals surface area contributed by atoms with Crippen LogP contribution in [-0.2, 0) is 17.8 Å². The van der Waals surface area contributed by atoms with Crippen molar-refractivity contribution in [1.29, 1.82) is 0 Å². The second-order valence-electron chi connectivity index (χ2n) is 4.92. The first-order valence-corrected chi connectivity index (χ1v) is 6.51. The van der Waals surface area contributed by atoms with Gasteiger partial charge in [-0.2, -0.15) is 0 Å². The van der Waals surface area contributed by atoms with Crippen molar-refractivity contribution in [3.63, 3.8) is 0 Å². The number of ketones is 1. The number of hydrogen-bond donors (Lipinski definition) is 1. The third-order valence-electron chi connectivity index (χ3n) is 3.68. The molecule has 0 heterocycles. The number of carbonyl (C=O) groups is 1. The lowest BCUT2D eigenvalue weighted by molar-refractivity contribution is -0.122. The number of aliphatic hydroxyl groups is 1. The maximum Gasteiger partial charge on any atom is 0.136 e. The van der Waals surface area contributed by atoms with Crippen LogP contribution in [0.5, 0.6) is 0 Å². The van der Waals surface area contributed by atoms with Gasteiger partial charge in [-0.05, 0) is 30.4 Å². The summed E-state index contributed by atoms with van der Waals surface area (Å²) in [5.74, 6) is 0.778. The first-order valence-electron chi connectivity index (χ1n) is 6.51. The van der Waals surface area contributed by atoms with E-state index in [-0.39, 0.29) is 6.61 Å². The molecule has 0 radical (unpaired) electrons. The summed E-state index contributed by atoms with van der Waals surface area (Å²) in [5.41, 5.74) is 2.12. The Morgan fingerprint density at radius 3 is 2.29 bits per heavy atom. The minimum absolute atomic E-state index is 0.0846. The second-order valence-corrected chi connectivity index (χ2v) is 4.92. The largest absolute Gasteiger partial charge is 0.392 e. The Kier molecular flexibility index (Phi) is 4.32. The van der Waals surface area contributed by atoms with Crippen molar-refractivity contribution < 1.29 is 9.90 Å². The van der Waals surface area contributed by atoms with E-state index in [2.05, 4.69) is 0 Å². The molecule has 0 atom stereocenters. The molecule has 92 valence electrons. The van der Waals surface area contributed by atoms with Gasteiger partial charge in [-0.3, -0.25) is 4.79 Å². The summed E-state index contributed by atoms with van der Waals surface area (Å²) in [6.07, 6.45) is 6.15. The lowest BCUT2D eigenvalue weighted by Gasteiger charge is -2.07. The molecule has 1 aromatic carbocycles. The first kappa shape index (κ1) is 12.3. The van der Waals surface area contributed by atoms with Crippen molar-refractivity contribution in [2.24, 2.45) is 5.92 Å². The number of aryl methyl sites for hydroxylation is 1. The van der Waals surface area contributed by atoms with Gasteiger partial charge < -0.3 is 5.11 Å². The fraction of sp³-hybridized carbons (Fsp3) is 0.533.